The number of esters is 1. The molecule has 0 saturated carbocycles. The number of aromatic nitrogens is 2. The fraction of sp³-hybridized carbons (Fsp3) is 0.464. The fourth-order valence-electron chi connectivity index (χ4n) is 3.90. The molecule has 0 aliphatic rings. The number of carbonyl (C=O) groups is 2. The maximum atomic E-state index is 13.0. The molecule has 188 valence electrons. The van der Waals surface area contributed by atoms with Gasteiger partial charge in [-0.25, -0.2) is 14.6 Å². The summed E-state index contributed by atoms with van der Waals surface area (Å²) in [6.07, 6.45) is 1.17. The van der Waals surface area contributed by atoms with E-state index in [9.17, 15) is 9.59 Å². The van der Waals surface area contributed by atoms with Crippen LogP contribution < -0.4 is 5.32 Å². The van der Waals surface area contributed by atoms with Crippen molar-refractivity contribution in [3.05, 3.63) is 65.0 Å². The zero-order valence-electron chi connectivity index (χ0n) is 21.7. The van der Waals surface area contributed by atoms with Crippen molar-refractivity contribution >= 4 is 23.1 Å². The Morgan fingerprint density at radius 2 is 1.77 bits per heavy atom. The van der Waals surface area contributed by atoms with Crippen molar-refractivity contribution in [1.29, 1.82) is 0 Å². The molecular formula is C28H37N3O4. The first kappa shape index (κ1) is 26.3. The number of nitrogens with zero attached hydrogens (tertiary/aromatic N) is 2. The molecule has 1 atom stereocenters. The van der Waals surface area contributed by atoms with Gasteiger partial charge < -0.3 is 19.4 Å². The first-order valence-electron chi connectivity index (χ1n) is 12.2. The predicted octanol–water partition coefficient (Wildman–Crippen LogP) is 5.63. The zero-order valence-corrected chi connectivity index (χ0v) is 21.7. The van der Waals surface area contributed by atoms with Crippen molar-refractivity contribution in [1.82, 2.24) is 14.9 Å². The Labute approximate surface area is 207 Å². The summed E-state index contributed by atoms with van der Waals surface area (Å²) in [5, 5.41) is 2.71. The number of hydrogen-bond acceptors (Lipinski definition) is 5. The van der Waals surface area contributed by atoms with E-state index in [4.69, 9.17) is 14.5 Å². The number of benzene rings is 2. The second-order valence-electron chi connectivity index (χ2n) is 9.94. The Morgan fingerprint density at radius 1 is 1.09 bits per heavy atom. The Hall–Kier alpha value is -3.35. The minimum absolute atomic E-state index is 0.138. The van der Waals surface area contributed by atoms with Crippen LogP contribution >= 0.6 is 0 Å². The smallest absolute Gasteiger partial charge is 0.408 e. The summed E-state index contributed by atoms with van der Waals surface area (Å²) < 4.78 is 13.1. The molecule has 35 heavy (non-hydrogen) atoms. The minimum Gasteiger partial charge on any atom is -0.459 e. The highest BCUT2D eigenvalue weighted by Crippen LogP contribution is 2.22. The molecule has 3 rings (SSSR count). The predicted molar refractivity (Wildman–Crippen MR) is 137 cm³/mol. The number of ether oxygens (including phenoxy) is 2. The lowest BCUT2D eigenvalue weighted by Gasteiger charge is -2.23. The highest BCUT2D eigenvalue weighted by Gasteiger charge is 2.26. The lowest BCUT2D eigenvalue weighted by molar-refractivity contribution is -0.147. The van der Waals surface area contributed by atoms with Gasteiger partial charge in [-0.15, -0.1) is 0 Å². The van der Waals surface area contributed by atoms with Gasteiger partial charge in [0.15, 0.2) is 0 Å². The molecule has 0 saturated heterocycles. The van der Waals surface area contributed by atoms with E-state index in [0.717, 1.165) is 35.4 Å². The van der Waals surface area contributed by atoms with Crippen LogP contribution in [0.4, 0.5) is 4.79 Å². The van der Waals surface area contributed by atoms with Crippen LogP contribution in [-0.4, -0.2) is 33.3 Å². The van der Waals surface area contributed by atoms with Crippen molar-refractivity contribution in [2.24, 2.45) is 0 Å². The van der Waals surface area contributed by atoms with Gasteiger partial charge in [-0.05, 0) is 76.3 Å². The summed E-state index contributed by atoms with van der Waals surface area (Å²) in [5.74, 6) is 0.392. The van der Waals surface area contributed by atoms with Crippen molar-refractivity contribution in [3.8, 4) is 0 Å². The van der Waals surface area contributed by atoms with Crippen LogP contribution in [0.5, 0.6) is 0 Å². The standard InChI is InChI=1S/C28H37N3O4/c1-7-15-31-24-17-20(3)19(2)16-23(24)29-25(31)14-13-22(30-27(33)35-28(4,5)6)26(32)34-18-21-11-9-8-10-12-21/h8-12,16-17,22H,7,13-15,18H2,1-6H3,(H,30,33). The number of alkyl carbamates (subject to hydrolysis) is 1. The molecule has 0 aliphatic heterocycles. The van der Waals surface area contributed by atoms with Crippen molar-refractivity contribution in [2.75, 3.05) is 0 Å². The molecule has 1 N–H and O–H groups in total. The Bertz CT molecular complexity index is 1160. The van der Waals surface area contributed by atoms with Crippen LogP contribution in [0.1, 0.15) is 63.1 Å². The summed E-state index contributed by atoms with van der Waals surface area (Å²) >= 11 is 0. The molecule has 1 unspecified atom stereocenters. The third-order valence-electron chi connectivity index (χ3n) is 5.75. The summed E-state index contributed by atoms with van der Waals surface area (Å²) in [6, 6.07) is 12.9. The van der Waals surface area contributed by atoms with Crippen molar-refractivity contribution < 1.29 is 19.1 Å². The van der Waals surface area contributed by atoms with Gasteiger partial charge in [-0.1, -0.05) is 37.3 Å². The second-order valence-corrected chi connectivity index (χ2v) is 9.94. The van der Waals surface area contributed by atoms with Gasteiger partial charge >= 0.3 is 12.1 Å². The largest absolute Gasteiger partial charge is 0.459 e. The number of aryl methyl sites for hydroxylation is 4. The maximum absolute atomic E-state index is 13.0. The number of fused-ring (bicyclic) bond motifs is 1. The van der Waals surface area contributed by atoms with Crippen LogP contribution in [0.25, 0.3) is 11.0 Å². The molecule has 1 aromatic heterocycles. The van der Waals surface area contributed by atoms with Crippen LogP contribution in [0.2, 0.25) is 0 Å². The van der Waals surface area contributed by atoms with Crippen LogP contribution in [0.3, 0.4) is 0 Å². The lowest BCUT2D eigenvalue weighted by atomic mass is 10.1. The quantitative estimate of drug-likeness (QED) is 0.402. The second kappa shape index (κ2) is 11.4. The highest BCUT2D eigenvalue weighted by atomic mass is 16.6. The number of imidazole rings is 1. The molecule has 7 heteroatoms. The minimum atomic E-state index is -0.855. The van der Waals surface area contributed by atoms with Crippen LogP contribution in [0, 0.1) is 13.8 Å². The normalized spacial score (nSPS) is 12.4. The molecule has 0 aliphatic carbocycles. The third kappa shape index (κ3) is 7.31. The highest BCUT2D eigenvalue weighted by molar-refractivity contribution is 5.81. The van der Waals surface area contributed by atoms with Gasteiger partial charge in [-0.2, -0.15) is 0 Å². The van der Waals surface area contributed by atoms with E-state index < -0.39 is 23.7 Å². The van der Waals surface area contributed by atoms with Gasteiger partial charge in [0.05, 0.1) is 11.0 Å². The van der Waals surface area contributed by atoms with Gasteiger partial charge in [0, 0.05) is 13.0 Å². The molecule has 1 amide bonds. The van der Waals surface area contributed by atoms with Gasteiger partial charge in [0.2, 0.25) is 0 Å². The van der Waals surface area contributed by atoms with E-state index in [1.54, 1.807) is 20.8 Å². The topological polar surface area (TPSA) is 82.5 Å². The molecule has 0 bridgehead atoms. The number of hydrogen-bond donors (Lipinski definition) is 1. The Kier molecular flexibility index (Phi) is 8.54. The molecular weight excluding hydrogens is 442 g/mol. The zero-order chi connectivity index (χ0) is 25.6. The van der Waals surface area contributed by atoms with E-state index >= 15 is 0 Å². The first-order chi connectivity index (χ1) is 16.6. The van der Waals surface area contributed by atoms with E-state index in [1.807, 2.05) is 30.3 Å². The third-order valence-corrected chi connectivity index (χ3v) is 5.75. The molecule has 0 radical (unpaired) electrons. The van der Waals surface area contributed by atoms with E-state index in [-0.39, 0.29) is 6.61 Å². The van der Waals surface area contributed by atoms with Crippen LogP contribution in [-0.2, 0) is 33.8 Å². The molecule has 0 spiro atoms. The number of amides is 1. The average Bonchev–Trinajstić information content (AvgIpc) is 3.11. The summed E-state index contributed by atoms with van der Waals surface area (Å²) in [4.78, 5) is 30.3. The van der Waals surface area contributed by atoms with Gasteiger partial charge in [-0.3, -0.25) is 0 Å². The monoisotopic (exact) mass is 479 g/mol. The summed E-state index contributed by atoms with van der Waals surface area (Å²) in [6.45, 7) is 12.6. The number of nitrogens with one attached hydrogen (secondary N) is 1. The average molecular weight is 480 g/mol. The molecule has 0 fully saturated rings. The van der Waals surface area contributed by atoms with Gasteiger partial charge in [0.1, 0.15) is 24.1 Å². The van der Waals surface area contributed by atoms with Crippen LogP contribution in [0.15, 0.2) is 42.5 Å². The molecule has 2 aromatic carbocycles. The Morgan fingerprint density at radius 3 is 2.43 bits per heavy atom. The van der Waals surface area contributed by atoms with E-state index in [2.05, 4.69) is 42.8 Å². The molecule has 7 nitrogen and oxygen atoms in total. The maximum Gasteiger partial charge on any atom is 0.408 e. The number of carbonyl (C=O) groups excluding carboxylic acids is 2. The SMILES string of the molecule is CCCn1c(CCC(NC(=O)OC(C)(C)C)C(=O)OCc2ccccc2)nc2cc(C)c(C)cc21. The fourth-order valence-corrected chi connectivity index (χ4v) is 3.90. The van der Waals surface area contributed by atoms with E-state index in [0.29, 0.717) is 12.8 Å². The number of rotatable bonds is 9. The summed E-state index contributed by atoms with van der Waals surface area (Å²) in [5.41, 5.74) is 4.66. The van der Waals surface area contributed by atoms with Gasteiger partial charge in [0.25, 0.3) is 0 Å². The van der Waals surface area contributed by atoms with E-state index in [1.165, 1.54) is 11.1 Å². The Balaban J connectivity index is 1.79. The first-order valence-corrected chi connectivity index (χ1v) is 12.2. The van der Waals surface area contributed by atoms with Crippen molar-refractivity contribution in [2.45, 2.75) is 85.6 Å². The molecule has 3 aromatic rings. The van der Waals surface area contributed by atoms with Crippen molar-refractivity contribution in [3.63, 3.8) is 0 Å². The molecule has 1 heterocycles. The summed E-state index contributed by atoms with van der Waals surface area (Å²) in [7, 11) is 0. The lowest BCUT2D eigenvalue weighted by Crippen LogP contribution is -2.44.